The molecule has 4 heterocycles. The Morgan fingerprint density at radius 3 is 2.25 bits per heavy atom. The first kappa shape index (κ1) is 32.2. The molecular formula is C51H34N4OS. The summed E-state index contributed by atoms with van der Waals surface area (Å²) >= 11 is 1.82. The first-order valence-electron chi connectivity index (χ1n) is 19.5. The van der Waals surface area contributed by atoms with Gasteiger partial charge >= 0.3 is 0 Å². The van der Waals surface area contributed by atoms with Crippen LogP contribution >= 0.6 is 11.3 Å². The van der Waals surface area contributed by atoms with Gasteiger partial charge in [-0.25, -0.2) is 9.98 Å². The molecule has 0 bridgehead atoms. The highest BCUT2D eigenvalue weighted by molar-refractivity contribution is 7.25. The number of aliphatic imine (C=N–C) groups is 2. The normalized spacial score (nSPS) is 15.8. The summed E-state index contributed by atoms with van der Waals surface area (Å²) < 4.78 is 11.5. The predicted molar refractivity (Wildman–Crippen MR) is 239 cm³/mol. The van der Waals surface area contributed by atoms with E-state index < -0.39 is 0 Å². The lowest BCUT2D eigenvalue weighted by molar-refractivity contribution is 0.670. The van der Waals surface area contributed by atoms with E-state index in [1.165, 1.54) is 42.0 Å². The minimum atomic E-state index is -0.290. The number of amidine groups is 2. The third-order valence-corrected chi connectivity index (χ3v) is 12.6. The molecule has 0 saturated heterocycles. The molecule has 1 aliphatic carbocycles. The van der Waals surface area contributed by atoms with Crippen LogP contribution in [0.15, 0.2) is 190 Å². The summed E-state index contributed by atoms with van der Waals surface area (Å²) in [5.74, 6) is 1.61. The molecule has 3 aromatic heterocycles. The zero-order chi connectivity index (χ0) is 37.5. The molecule has 0 saturated carbocycles. The lowest BCUT2D eigenvalue weighted by Crippen LogP contribution is -2.34. The second-order valence-corrected chi connectivity index (χ2v) is 15.9. The average Bonchev–Trinajstić information content (AvgIpc) is 3.96. The molecule has 6 heteroatoms. The number of benzene rings is 7. The van der Waals surface area contributed by atoms with Gasteiger partial charge in [0.15, 0.2) is 5.84 Å². The van der Waals surface area contributed by atoms with E-state index >= 15 is 0 Å². The van der Waals surface area contributed by atoms with Gasteiger partial charge in [0, 0.05) is 69.7 Å². The van der Waals surface area contributed by atoms with Crippen LogP contribution in [0.25, 0.3) is 80.7 Å². The minimum Gasteiger partial charge on any atom is -0.455 e. The Labute approximate surface area is 332 Å². The van der Waals surface area contributed by atoms with Gasteiger partial charge in [-0.2, -0.15) is 0 Å². The molecule has 1 aliphatic heterocycles. The molecule has 10 aromatic rings. The van der Waals surface area contributed by atoms with Crippen molar-refractivity contribution in [1.82, 2.24) is 9.88 Å². The first-order valence-corrected chi connectivity index (χ1v) is 20.3. The van der Waals surface area contributed by atoms with Crippen LogP contribution in [0.3, 0.4) is 0 Å². The van der Waals surface area contributed by atoms with Gasteiger partial charge in [0.2, 0.25) is 0 Å². The molecule has 5 nitrogen and oxygen atoms in total. The van der Waals surface area contributed by atoms with Crippen molar-refractivity contribution in [2.45, 2.75) is 19.0 Å². The van der Waals surface area contributed by atoms with Crippen LogP contribution in [-0.2, 0) is 0 Å². The third kappa shape index (κ3) is 5.14. The summed E-state index contributed by atoms with van der Waals surface area (Å²) in [5.41, 5.74) is 10.8. The second kappa shape index (κ2) is 12.8. The molecule has 1 N–H and O–H groups in total. The van der Waals surface area contributed by atoms with Crippen molar-refractivity contribution >= 4 is 86.9 Å². The molecule has 12 rings (SSSR count). The molecule has 1 unspecified atom stereocenters. The Kier molecular flexibility index (Phi) is 7.22. The fourth-order valence-corrected chi connectivity index (χ4v) is 10.0. The average molecular weight is 751 g/mol. The number of fused-ring (bicyclic) bond motifs is 9. The Balaban J connectivity index is 0.964. The number of nitrogens with zero attached hydrogens (tertiary/aromatic N) is 3. The lowest BCUT2D eigenvalue weighted by atomic mass is 9.99. The number of nitrogens with one attached hydrogen (secondary N) is 1. The SMILES string of the molecule is C1=CC(C2=NC(c3ccccc3)=NC(c3cccc4sc5cc(-c6cccc7c6oc6ccc(-n8c9ccccc9c9ccccc98)cc67)ccc5c34)N2)=CCC1. The Bertz CT molecular complexity index is 3340. The van der Waals surface area contributed by atoms with Crippen LogP contribution in [0, 0.1) is 0 Å². The van der Waals surface area contributed by atoms with Gasteiger partial charge in [-0.1, -0.05) is 127 Å². The fourth-order valence-electron chi connectivity index (χ4n) is 8.86. The number of hydrogen-bond acceptors (Lipinski definition) is 5. The summed E-state index contributed by atoms with van der Waals surface area (Å²) in [7, 11) is 0. The molecule has 0 radical (unpaired) electrons. The second-order valence-electron chi connectivity index (χ2n) is 14.8. The van der Waals surface area contributed by atoms with Gasteiger partial charge in [0.25, 0.3) is 0 Å². The maximum Gasteiger partial charge on any atom is 0.159 e. The Morgan fingerprint density at radius 2 is 1.42 bits per heavy atom. The highest BCUT2D eigenvalue weighted by atomic mass is 32.1. The van der Waals surface area contributed by atoms with E-state index in [2.05, 4.69) is 162 Å². The predicted octanol–water partition coefficient (Wildman–Crippen LogP) is 13.4. The van der Waals surface area contributed by atoms with Crippen LogP contribution in [0.5, 0.6) is 0 Å². The number of thiophene rings is 1. The molecule has 270 valence electrons. The van der Waals surface area contributed by atoms with Crippen LogP contribution in [0.4, 0.5) is 0 Å². The Hall–Kier alpha value is -7.02. The third-order valence-electron chi connectivity index (χ3n) is 11.5. The van der Waals surface area contributed by atoms with Gasteiger partial charge in [-0.05, 0) is 60.9 Å². The van der Waals surface area contributed by atoms with E-state index in [1.54, 1.807) is 0 Å². The molecule has 7 aromatic carbocycles. The number of hydrogen-bond donors (Lipinski definition) is 1. The maximum absolute atomic E-state index is 6.71. The van der Waals surface area contributed by atoms with E-state index in [9.17, 15) is 0 Å². The van der Waals surface area contributed by atoms with Gasteiger partial charge in [-0.15, -0.1) is 11.3 Å². The first-order chi connectivity index (χ1) is 28.2. The van der Waals surface area contributed by atoms with Gasteiger partial charge in [-0.3, -0.25) is 0 Å². The molecule has 0 amide bonds. The molecule has 1 atom stereocenters. The highest BCUT2D eigenvalue weighted by Gasteiger charge is 2.25. The van der Waals surface area contributed by atoms with Crippen LogP contribution < -0.4 is 5.32 Å². The highest BCUT2D eigenvalue weighted by Crippen LogP contribution is 2.43. The van der Waals surface area contributed by atoms with Gasteiger partial charge in [0.1, 0.15) is 23.2 Å². The van der Waals surface area contributed by atoms with E-state index in [-0.39, 0.29) is 6.17 Å². The number of para-hydroxylation sites is 3. The summed E-state index contributed by atoms with van der Waals surface area (Å²) in [4.78, 5) is 10.3. The summed E-state index contributed by atoms with van der Waals surface area (Å²) in [6.45, 7) is 0. The van der Waals surface area contributed by atoms with Crippen molar-refractivity contribution in [3.05, 3.63) is 187 Å². The van der Waals surface area contributed by atoms with Crippen LogP contribution in [-0.4, -0.2) is 16.2 Å². The van der Waals surface area contributed by atoms with Crippen molar-refractivity contribution in [3.8, 4) is 16.8 Å². The zero-order valence-electron chi connectivity index (χ0n) is 30.8. The van der Waals surface area contributed by atoms with Crippen molar-refractivity contribution in [3.63, 3.8) is 0 Å². The molecular weight excluding hydrogens is 717 g/mol. The van der Waals surface area contributed by atoms with E-state index in [0.29, 0.717) is 0 Å². The molecule has 57 heavy (non-hydrogen) atoms. The number of allylic oxidation sites excluding steroid dienone is 2. The Morgan fingerprint density at radius 1 is 0.632 bits per heavy atom. The summed E-state index contributed by atoms with van der Waals surface area (Å²) in [5, 5.41) is 10.9. The smallest absolute Gasteiger partial charge is 0.159 e. The van der Waals surface area contributed by atoms with E-state index in [4.69, 9.17) is 14.4 Å². The van der Waals surface area contributed by atoms with Crippen molar-refractivity contribution in [2.75, 3.05) is 0 Å². The summed E-state index contributed by atoms with van der Waals surface area (Å²) in [6.07, 6.45) is 8.44. The van der Waals surface area contributed by atoms with Crippen LogP contribution in [0.1, 0.15) is 30.1 Å². The van der Waals surface area contributed by atoms with E-state index in [0.717, 1.165) is 80.0 Å². The van der Waals surface area contributed by atoms with Crippen LogP contribution in [0.2, 0.25) is 0 Å². The summed E-state index contributed by atoms with van der Waals surface area (Å²) in [6, 6.07) is 54.1. The van der Waals surface area contributed by atoms with Crippen molar-refractivity contribution in [2.24, 2.45) is 9.98 Å². The monoisotopic (exact) mass is 750 g/mol. The number of furan rings is 1. The maximum atomic E-state index is 6.71. The molecule has 0 spiro atoms. The quantitative estimate of drug-likeness (QED) is 0.190. The van der Waals surface area contributed by atoms with Crippen molar-refractivity contribution < 1.29 is 4.42 Å². The lowest BCUT2D eigenvalue weighted by Gasteiger charge is -2.25. The van der Waals surface area contributed by atoms with Gasteiger partial charge < -0.3 is 14.3 Å². The standard InChI is InChI=1S/C51H34N4OS/c1-3-13-31(14-4-1)49-52-50(32-15-5-2-6-16-32)54-51(53-49)40-21-12-24-45-47(40)39-27-25-33(29-46(39)57-45)35-19-11-20-38-41-30-34(26-28-44(41)56-48(35)38)55-42-22-9-7-17-36(42)37-18-8-10-23-43(37)55/h1,3-5,7-30,51H,2,6H2,(H,52,53,54). The van der Waals surface area contributed by atoms with Gasteiger partial charge in [0.05, 0.1) is 11.0 Å². The topological polar surface area (TPSA) is 54.8 Å². The minimum absolute atomic E-state index is 0.290. The largest absolute Gasteiger partial charge is 0.455 e. The van der Waals surface area contributed by atoms with Crippen molar-refractivity contribution in [1.29, 1.82) is 0 Å². The molecule has 0 fully saturated rings. The number of aromatic nitrogens is 1. The zero-order valence-corrected chi connectivity index (χ0v) is 31.6. The van der Waals surface area contributed by atoms with E-state index in [1.807, 2.05) is 29.5 Å². The number of rotatable bonds is 5. The molecule has 2 aliphatic rings. The fraction of sp³-hybridized carbons (Fsp3) is 0.0588.